The smallest absolute Gasteiger partial charge is 0.0607 e. The molecular formula is C11H20N2O2. The molecule has 3 N–H and O–H groups in total. The topological polar surface area (TPSA) is 57.4 Å². The Kier molecular flexibility index (Phi) is 4.32. The van der Waals surface area contributed by atoms with Crippen LogP contribution in [-0.4, -0.2) is 34.0 Å². The highest BCUT2D eigenvalue weighted by molar-refractivity contribution is 5.26. The second kappa shape index (κ2) is 5.30. The Bertz CT molecular complexity index is 317. The largest absolute Gasteiger partial charge is 0.395 e. The molecule has 0 bridgehead atoms. The van der Waals surface area contributed by atoms with E-state index in [9.17, 15) is 0 Å². The first kappa shape index (κ1) is 12.2. The fourth-order valence-electron chi connectivity index (χ4n) is 1.55. The summed E-state index contributed by atoms with van der Waals surface area (Å²) in [6, 6.07) is 1.89. The van der Waals surface area contributed by atoms with Crippen molar-refractivity contribution < 1.29 is 10.2 Å². The van der Waals surface area contributed by atoms with Gasteiger partial charge in [-0.2, -0.15) is 0 Å². The molecule has 0 saturated carbocycles. The normalized spacial score (nSPS) is 11.3. The minimum absolute atomic E-state index is 0.0403. The quantitative estimate of drug-likeness (QED) is 0.648. The maximum absolute atomic E-state index is 8.91. The summed E-state index contributed by atoms with van der Waals surface area (Å²) in [6.45, 7) is 4.73. The number of aliphatic hydroxyl groups excluding tert-OH is 2. The van der Waals surface area contributed by atoms with E-state index < -0.39 is 0 Å². The summed E-state index contributed by atoms with van der Waals surface area (Å²) in [4.78, 5) is 0. The van der Waals surface area contributed by atoms with Gasteiger partial charge in [0.15, 0.2) is 0 Å². The van der Waals surface area contributed by atoms with Crippen molar-refractivity contribution in [2.24, 2.45) is 7.05 Å². The molecule has 0 amide bonds. The van der Waals surface area contributed by atoms with Crippen molar-refractivity contribution in [3.05, 3.63) is 23.0 Å². The number of rotatable bonds is 5. The van der Waals surface area contributed by atoms with E-state index in [4.69, 9.17) is 10.2 Å². The Hall–Kier alpha value is -0.840. The first-order chi connectivity index (χ1) is 7.10. The average molecular weight is 212 g/mol. The molecule has 0 aliphatic carbocycles. The first-order valence-corrected chi connectivity index (χ1v) is 5.17. The van der Waals surface area contributed by atoms with Crippen molar-refractivity contribution in [3.8, 4) is 0 Å². The summed E-state index contributed by atoms with van der Waals surface area (Å²) in [7, 11) is 2.03. The molecular weight excluding hydrogens is 192 g/mol. The van der Waals surface area contributed by atoms with Gasteiger partial charge in [-0.05, 0) is 25.5 Å². The van der Waals surface area contributed by atoms with Crippen LogP contribution in [0.15, 0.2) is 6.07 Å². The van der Waals surface area contributed by atoms with Crippen molar-refractivity contribution in [1.29, 1.82) is 0 Å². The lowest BCUT2D eigenvalue weighted by atomic mass is 10.2. The van der Waals surface area contributed by atoms with Gasteiger partial charge in [-0.25, -0.2) is 0 Å². The summed E-state index contributed by atoms with van der Waals surface area (Å²) in [5.74, 6) is 0. The van der Waals surface area contributed by atoms with Gasteiger partial charge in [-0.3, -0.25) is 0 Å². The Balaban J connectivity index is 2.61. The van der Waals surface area contributed by atoms with E-state index in [1.54, 1.807) is 0 Å². The number of hydrogen-bond acceptors (Lipinski definition) is 3. The Morgan fingerprint density at radius 3 is 2.33 bits per heavy atom. The van der Waals surface area contributed by atoms with Gasteiger partial charge in [0.05, 0.1) is 19.3 Å². The maximum Gasteiger partial charge on any atom is 0.0607 e. The second-order valence-electron chi connectivity index (χ2n) is 3.90. The third kappa shape index (κ3) is 2.81. The third-order valence-corrected chi connectivity index (χ3v) is 2.90. The summed E-state index contributed by atoms with van der Waals surface area (Å²) >= 11 is 0. The van der Waals surface area contributed by atoms with Gasteiger partial charge in [-0.1, -0.05) is 0 Å². The maximum atomic E-state index is 8.91. The van der Waals surface area contributed by atoms with Crippen LogP contribution >= 0.6 is 0 Å². The highest BCUT2D eigenvalue weighted by Crippen LogP contribution is 2.12. The molecule has 0 fully saturated rings. The van der Waals surface area contributed by atoms with E-state index in [2.05, 4.69) is 29.8 Å². The van der Waals surface area contributed by atoms with Crippen LogP contribution in [0.2, 0.25) is 0 Å². The van der Waals surface area contributed by atoms with E-state index >= 15 is 0 Å². The van der Waals surface area contributed by atoms with Crippen molar-refractivity contribution in [1.82, 2.24) is 9.88 Å². The lowest BCUT2D eigenvalue weighted by Crippen LogP contribution is -2.35. The van der Waals surface area contributed by atoms with Crippen LogP contribution in [-0.2, 0) is 13.6 Å². The van der Waals surface area contributed by atoms with Gasteiger partial charge in [0, 0.05) is 25.0 Å². The molecule has 0 saturated heterocycles. The van der Waals surface area contributed by atoms with Gasteiger partial charge >= 0.3 is 0 Å². The number of aryl methyl sites for hydroxylation is 1. The van der Waals surface area contributed by atoms with Crippen LogP contribution in [0.25, 0.3) is 0 Å². The van der Waals surface area contributed by atoms with Gasteiger partial charge in [0.2, 0.25) is 0 Å². The molecule has 0 atom stereocenters. The number of hydrogen-bond donors (Lipinski definition) is 3. The fourth-order valence-corrected chi connectivity index (χ4v) is 1.55. The molecule has 1 aromatic rings. The molecule has 1 heterocycles. The first-order valence-electron chi connectivity index (χ1n) is 5.17. The predicted octanol–water partition coefficient (Wildman–Crippen LogP) is 0.0847. The molecule has 4 heteroatoms. The fraction of sp³-hybridized carbons (Fsp3) is 0.636. The highest BCUT2D eigenvalue weighted by atomic mass is 16.3. The molecule has 4 nitrogen and oxygen atoms in total. The van der Waals surface area contributed by atoms with E-state index in [0.717, 1.165) is 0 Å². The molecule has 86 valence electrons. The second-order valence-corrected chi connectivity index (χ2v) is 3.90. The molecule has 0 aromatic carbocycles. The summed E-state index contributed by atoms with van der Waals surface area (Å²) in [5.41, 5.74) is 3.64. The number of nitrogens with zero attached hydrogens (tertiary/aromatic N) is 1. The molecule has 0 radical (unpaired) electrons. The van der Waals surface area contributed by atoms with Gasteiger partial charge in [-0.15, -0.1) is 0 Å². The summed E-state index contributed by atoms with van der Waals surface area (Å²) in [5, 5.41) is 20.9. The van der Waals surface area contributed by atoms with Crippen LogP contribution in [0, 0.1) is 13.8 Å². The van der Waals surface area contributed by atoms with E-state index in [0.29, 0.717) is 6.54 Å². The number of aliphatic hydroxyl groups is 2. The highest BCUT2D eigenvalue weighted by Gasteiger charge is 2.08. The van der Waals surface area contributed by atoms with Crippen molar-refractivity contribution in [3.63, 3.8) is 0 Å². The van der Waals surface area contributed by atoms with E-state index in [-0.39, 0.29) is 19.3 Å². The van der Waals surface area contributed by atoms with Crippen LogP contribution < -0.4 is 5.32 Å². The van der Waals surface area contributed by atoms with Gasteiger partial charge in [0.1, 0.15) is 0 Å². The standard InChI is InChI=1S/C11H20N2O2/c1-8-4-10(9(2)13(8)3)5-12-11(6-14)7-15/h4,11-12,14-15H,5-7H2,1-3H3. The molecule has 0 aliphatic rings. The van der Waals surface area contributed by atoms with E-state index in [1.807, 2.05) is 7.05 Å². The zero-order valence-electron chi connectivity index (χ0n) is 9.62. The molecule has 15 heavy (non-hydrogen) atoms. The molecule has 0 aliphatic heterocycles. The Labute approximate surface area is 90.5 Å². The monoisotopic (exact) mass is 212 g/mol. The van der Waals surface area contributed by atoms with Crippen LogP contribution in [0.4, 0.5) is 0 Å². The Morgan fingerprint density at radius 1 is 1.33 bits per heavy atom. The van der Waals surface area contributed by atoms with E-state index in [1.165, 1.54) is 17.0 Å². The van der Waals surface area contributed by atoms with Crippen molar-refractivity contribution in [2.45, 2.75) is 26.4 Å². The molecule has 1 aromatic heterocycles. The van der Waals surface area contributed by atoms with Gasteiger partial charge < -0.3 is 20.1 Å². The number of aromatic nitrogens is 1. The lowest BCUT2D eigenvalue weighted by Gasteiger charge is -2.13. The predicted molar refractivity (Wildman–Crippen MR) is 59.7 cm³/mol. The van der Waals surface area contributed by atoms with Crippen molar-refractivity contribution in [2.75, 3.05) is 13.2 Å². The van der Waals surface area contributed by atoms with Gasteiger partial charge in [0.25, 0.3) is 0 Å². The average Bonchev–Trinajstić information content (AvgIpc) is 2.48. The van der Waals surface area contributed by atoms with Crippen LogP contribution in [0.3, 0.4) is 0 Å². The third-order valence-electron chi connectivity index (χ3n) is 2.90. The van der Waals surface area contributed by atoms with Crippen LogP contribution in [0.1, 0.15) is 17.0 Å². The lowest BCUT2D eigenvalue weighted by molar-refractivity contribution is 0.170. The SMILES string of the molecule is Cc1cc(CNC(CO)CO)c(C)n1C. The zero-order valence-corrected chi connectivity index (χ0v) is 9.62. The summed E-state index contributed by atoms with van der Waals surface area (Å²) < 4.78 is 2.13. The van der Waals surface area contributed by atoms with Crippen LogP contribution in [0.5, 0.6) is 0 Å². The minimum Gasteiger partial charge on any atom is -0.395 e. The minimum atomic E-state index is -0.232. The molecule has 1 rings (SSSR count). The Morgan fingerprint density at radius 2 is 1.93 bits per heavy atom. The van der Waals surface area contributed by atoms with Crippen molar-refractivity contribution >= 4 is 0 Å². The summed E-state index contributed by atoms with van der Waals surface area (Å²) in [6.07, 6.45) is 0. The molecule has 0 unspecified atom stereocenters. The number of nitrogens with one attached hydrogen (secondary N) is 1. The zero-order chi connectivity index (χ0) is 11.4. The molecule has 0 spiro atoms.